The first-order valence-electron chi connectivity index (χ1n) is 5.63. The van der Waals surface area contributed by atoms with Crippen molar-refractivity contribution in [1.82, 2.24) is 25.0 Å². The van der Waals surface area contributed by atoms with Gasteiger partial charge in [0.05, 0.1) is 17.6 Å². The molecular formula is C11H12N6O. The fraction of sp³-hybridized carbons (Fsp3) is 0.273. The Balaban J connectivity index is 2.29. The van der Waals surface area contributed by atoms with Crippen LogP contribution in [0.25, 0.3) is 16.7 Å². The minimum absolute atomic E-state index is 0.0291. The topological polar surface area (TPSA) is 88.2 Å². The van der Waals surface area contributed by atoms with Gasteiger partial charge in [-0.2, -0.15) is 4.52 Å². The van der Waals surface area contributed by atoms with Gasteiger partial charge in [0.2, 0.25) is 5.65 Å². The lowest BCUT2D eigenvalue weighted by Crippen LogP contribution is -2.09. The van der Waals surface area contributed by atoms with E-state index in [-0.39, 0.29) is 6.61 Å². The molecule has 0 spiro atoms. The van der Waals surface area contributed by atoms with E-state index >= 15 is 0 Å². The minimum atomic E-state index is 0.0291. The summed E-state index contributed by atoms with van der Waals surface area (Å²) >= 11 is 0. The first-order chi connectivity index (χ1) is 8.79. The summed E-state index contributed by atoms with van der Waals surface area (Å²) in [5.74, 6) is 0.574. The number of anilines is 1. The molecule has 0 aliphatic rings. The smallest absolute Gasteiger partial charge is 0.222 e. The molecule has 0 radical (unpaired) electrons. The summed E-state index contributed by atoms with van der Waals surface area (Å²) in [4.78, 5) is 4.47. The largest absolute Gasteiger partial charge is 0.395 e. The van der Waals surface area contributed by atoms with Crippen molar-refractivity contribution >= 4 is 22.5 Å². The van der Waals surface area contributed by atoms with Gasteiger partial charge in [0.1, 0.15) is 0 Å². The van der Waals surface area contributed by atoms with E-state index < -0.39 is 0 Å². The van der Waals surface area contributed by atoms with Crippen molar-refractivity contribution in [2.45, 2.75) is 6.92 Å². The SMILES string of the molecule is Cc1ccc2nc(NCCO)c3nnnn3c2c1. The Bertz CT molecular complexity index is 707. The highest BCUT2D eigenvalue weighted by Gasteiger charge is 2.10. The van der Waals surface area contributed by atoms with Gasteiger partial charge in [-0.15, -0.1) is 5.10 Å². The molecular weight excluding hydrogens is 232 g/mol. The quantitative estimate of drug-likeness (QED) is 0.692. The van der Waals surface area contributed by atoms with Gasteiger partial charge in [-0.3, -0.25) is 0 Å². The number of nitrogens with one attached hydrogen (secondary N) is 1. The van der Waals surface area contributed by atoms with Crippen LogP contribution < -0.4 is 5.32 Å². The van der Waals surface area contributed by atoms with Crippen LogP contribution >= 0.6 is 0 Å². The van der Waals surface area contributed by atoms with Crippen LogP contribution in [0.5, 0.6) is 0 Å². The molecule has 2 heterocycles. The third-order valence-electron chi connectivity index (χ3n) is 2.68. The molecule has 2 N–H and O–H groups in total. The van der Waals surface area contributed by atoms with E-state index in [1.807, 2.05) is 25.1 Å². The third-order valence-corrected chi connectivity index (χ3v) is 2.68. The Morgan fingerprint density at radius 1 is 1.39 bits per heavy atom. The van der Waals surface area contributed by atoms with Crippen LogP contribution in [-0.4, -0.2) is 43.3 Å². The number of rotatable bonds is 3. The van der Waals surface area contributed by atoms with E-state index in [2.05, 4.69) is 25.8 Å². The maximum Gasteiger partial charge on any atom is 0.222 e. The second-order valence-corrected chi connectivity index (χ2v) is 4.02. The lowest BCUT2D eigenvalue weighted by atomic mass is 10.2. The Hall–Kier alpha value is -2.28. The zero-order valence-electron chi connectivity index (χ0n) is 9.83. The van der Waals surface area contributed by atoms with Gasteiger partial charge in [-0.05, 0) is 35.0 Å². The number of aromatic nitrogens is 5. The summed E-state index contributed by atoms with van der Waals surface area (Å²) in [6.07, 6.45) is 0. The monoisotopic (exact) mass is 244 g/mol. The van der Waals surface area contributed by atoms with Gasteiger partial charge in [0, 0.05) is 6.54 Å². The van der Waals surface area contributed by atoms with E-state index in [0.29, 0.717) is 18.0 Å². The fourth-order valence-electron chi connectivity index (χ4n) is 1.86. The van der Waals surface area contributed by atoms with Gasteiger partial charge >= 0.3 is 0 Å². The molecule has 18 heavy (non-hydrogen) atoms. The molecule has 2 aromatic heterocycles. The van der Waals surface area contributed by atoms with E-state index in [1.54, 1.807) is 4.52 Å². The van der Waals surface area contributed by atoms with Gasteiger partial charge in [-0.25, -0.2) is 4.98 Å². The normalized spacial score (nSPS) is 11.2. The molecule has 3 aromatic rings. The molecule has 0 aliphatic heterocycles. The van der Waals surface area contributed by atoms with E-state index in [0.717, 1.165) is 16.6 Å². The maximum atomic E-state index is 8.85. The number of hydrogen-bond acceptors (Lipinski definition) is 6. The van der Waals surface area contributed by atoms with Crippen molar-refractivity contribution in [2.75, 3.05) is 18.5 Å². The van der Waals surface area contributed by atoms with Crippen molar-refractivity contribution < 1.29 is 5.11 Å². The number of hydrogen-bond donors (Lipinski definition) is 2. The molecule has 0 saturated carbocycles. The first-order valence-corrected chi connectivity index (χ1v) is 5.63. The lowest BCUT2D eigenvalue weighted by molar-refractivity contribution is 0.311. The van der Waals surface area contributed by atoms with Crippen LogP contribution in [0, 0.1) is 6.92 Å². The Morgan fingerprint density at radius 2 is 2.28 bits per heavy atom. The highest BCUT2D eigenvalue weighted by atomic mass is 16.3. The van der Waals surface area contributed by atoms with Gasteiger partial charge in [0.25, 0.3) is 0 Å². The number of aliphatic hydroxyl groups excluding tert-OH is 1. The molecule has 0 aliphatic carbocycles. The van der Waals surface area contributed by atoms with Crippen LogP contribution in [0.15, 0.2) is 18.2 Å². The molecule has 0 fully saturated rings. The molecule has 0 amide bonds. The maximum absolute atomic E-state index is 8.85. The number of aryl methyl sites for hydroxylation is 1. The Morgan fingerprint density at radius 3 is 3.11 bits per heavy atom. The van der Waals surface area contributed by atoms with Crippen molar-refractivity contribution in [3.63, 3.8) is 0 Å². The number of nitrogens with zero attached hydrogens (tertiary/aromatic N) is 5. The molecule has 0 unspecified atom stereocenters. The zero-order chi connectivity index (χ0) is 12.5. The average molecular weight is 244 g/mol. The molecule has 0 bridgehead atoms. The van der Waals surface area contributed by atoms with Gasteiger partial charge in [0.15, 0.2) is 5.82 Å². The number of aliphatic hydroxyl groups is 1. The molecule has 0 atom stereocenters. The summed E-state index contributed by atoms with van der Waals surface area (Å²) in [7, 11) is 0. The summed E-state index contributed by atoms with van der Waals surface area (Å²) < 4.78 is 1.65. The molecule has 92 valence electrons. The number of fused-ring (bicyclic) bond motifs is 3. The van der Waals surface area contributed by atoms with Gasteiger partial charge < -0.3 is 10.4 Å². The van der Waals surface area contributed by atoms with E-state index in [9.17, 15) is 0 Å². The van der Waals surface area contributed by atoms with Crippen molar-refractivity contribution in [2.24, 2.45) is 0 Å². The molecule has 3 rings (SSSR count). The molecule has 7 nitrogen and oxygen atoms in total. The number of benzene rings is 1. The minimum Gasteiger partial charge on any atom is -0.395 e. The lowest BCUT2D eigenvalue weighted by Gasteiger charge is -2.07. The van der Waals surface area contributed by atoms with Crippen molar-refractivity contribution in [3.05, 3.63) is 23.8 Å². The number of tetrazole rings is 1. The summed E-state index contributed by atoms with van der Waals surface area (Å²) in [5.41, 5.74) is 3.35. The average Bonchev–Trinajstić information content (AvgIpc) is 2.86. The van der Waals surface area contributed by atoms with Crippen LogP contribution in [0.4, 0.5) is 5.82 Å². The molecule has 0 saturated heterocycles. The Labute approximate surface area is 102 Å². The second kappa shape index (κ2) is 4.19. The van der Waals surface area contributed by atoms with E-state index in [1.165, 1.54) is 0 Å². The van der Waals surface area contributed by atoms with Crippen molar-refractivity contribution in [1.29, 1.82) is 0 Å². The predicted molar refractivity (Wildman–Crippen MR) is 66.4 cm³/mol. The van der Waals surface area contributed by atoms with Gasteiger partial charge in [-0.1, -0.05) is 6.07 Å². The Kier molecular flexibility index (Phi) is 2.52. The summed E-state index contributed by atoms with van der Waals surface area (Å²) in [6, 6.07) is 5.90. The summed E-state index contributed by atoms with van der Waals surface area (Å²) in [6.45, 7) is 2.45. The zero-order valence-corrected chi connectivity index (χ0v) is 9.83. The predicted octanol–water partition coefficient (Wildman–Crippen LogP) is 0.385. The van der Waals surface area contributed by atoms with Crippen molar-refractivity contribution in [3.8, 4) is 0 Å². The fourth-order valence-corrected chi connectivity index (χ4v) is 1.86. The van der Waals surface area contributed by atoms with Crippen LogP contribution in [0.1, 0.15) is 5.56 Å². The third kappa shape index (κ3) is 1.65. The molecule has 7 heteroatoms. The van der Waals surface area contributed by atoms with Crippen LogP contribution in [0.2, 0.25) is 0 Å². The molecule has 1 aromatic carbocycles. The van der Waals surface area contributed by atoms with Crippen LogP contribution in [-0.2, 0) is 0 Å². The second-order valence-electron chi connectivity index (χ2n) is 4.02. The standard InChI is InChI=1S/C11H12N6O/c1-7-2-3-8-9(6-7)17-11(14-15-16-17)10(13-8)12-4-5-18/h2-3,6,18H,4-5H2,1H3,(H,12,13). The highest BCUT2D eigenvalue weighted by molar-refractivity contribution is 5.82. The summed E-state index contributed by atoms with van der Waals surface area (Å²) in [5, 5.41) is 23.4. The van der Waals surface area contributed by atoms with E-state index in [4.69, 9.17) is 5.11 Å². The first kappa shape index (κ1) is 10.8. The van der Waals surface area contributed by atoms with Crippen LogP contribution in [0.3, 0.4) is 0 Å². The highest BCUT2D eigenvalue weighted by Crippen LogP contribution is 2.19.